The van der Waals surface area contributed by atoms with Crippen molar-refractivity contribution in [2.24, 2.45) is 0 Å². The number of halogens is 1. The van der Waals surface area contributed by atoms with Crippen LogP contribution in [0.25, 0.3) is 0 Å². The number of rotatable bonds is 1. The Balaban J connectivity index is 2.70. The van der Waals surface area contributed by atoms with Crippen molar-refractivity contribution < 1.29 is 19.8 Å². The van der Waals surface area contributed by atoms with Crippen molar-refractivity contribution in [3.63, 3.8) is 0 Å². The zero-order chi connectivity index (χ0) is 5.98. The van der Waals surface area contributed by atoms with Crippen LogP contribution in [0.1, 0.15) is 6.42 Å². The van der Waals surface area contributed by atoms with E-state index < -0.39 is 0 Å². The Hall–Kier alpha value is 0.458. The molecule has 0 saturated carbocycles. The first-order chi connectivity index (χ1) is 3.84. The second kappa shape index (κ2) is 2.84. The van der Waals surface area contributed by atoms with Crippen molar-refractivity contribution in [3.05, 3.63) is 21.7 Å². The molecule has 8 heavy (non-hydrogen) atoms. The fourth-order valence-corrected chi connectivity index (χ4v) is 2.07. The van der Waals surface area contributed by atoms with Crippen LogP contribution in [0.15, 0.2) is 21.7 Å². The molecule has 0 aromatic carbocycles. The van der Waals surface area contributed by atoms with Gasteiger partial charge in [0.25, 0.3) is 0 Å². The number of hydrogen-bond acceptors (Lipinski definition) is 0. The van der Waals surface area contributed by atoms with Gasteiger partial charge in [0.05, 0.1) is 0 Å². The van der Waals surface area contributed by atoms with E-state index in [1.165, 1.54) is 9.54 Å². The van der Waals surface area contributed by atoms with E-state index in [4.69, 9.17) is 11.6 Å². The molecule has 1 aliphatic rings. The van der Waals surface area contributed by atoms with E-state index >= 15 is 0 Å². The van der Waals surface area contributed by atoms with Gasteiger partial charge in [0.2, 0.25) is 0 Å². The molecule has 0 radical (unpaired) electrons. The molecule has 0 spiro atoms. The third kappa shape index (κ3) is 1.24. The molecule has 0 heterocycles. The predicted molar refractivity (Wildman–Crippen MR) is 31.5 cm³/mol. The van der Waals surface area contributed by atoms with Crippen molar-refractivity contribution in [2.75, 3.05) is 5.88 Å². The second-order valence-electron chi connectivity index (χ2n) is 1.69. The van der Waals surface area contributed by atoms with Gasteiger partial charge < -0.3 is 0 Å². The maximum atomic E-state index is 5.61. The van der Waals surface area contributed by atoms with Crippen LogP contribution in [0.2, 0.25) is 0 Å². The van der Waals surface area contributed by atoms with Gasteiger partial charge in [-0.3, -0.25) is 0 Å². The summed E-state index contributed by atoms with van der Waals surface area (Å²) in [5.74, 6) is 0.690. The molecular weight excluding hydrogens is 291 g/mol. The summed E-state index contributed by atoms with van der Waals surface area (Å²) in [7, 11) is 0. The summed E-state index contributed by atoms with van der Waals surface area (Å²) in [6, 6.07) is 0. The average Bonchev–Trinajstić information content (AvgIpc) is 2.14. The quantitative estimate of drug-likeness (QED) is 0.649. The fraction of sp³-hybridized carbons (Fsp3) is 0.333. The SMILES string of the molecule is ClCC1=[C]([W])CC=C1. The van der Waals surface area contributed by atoms with Gasteiger partial charge >= 0.3 is 65.4 Å². The molecule has 0 bridgehead atoms. The zero-order valence-electron chi connectivity index (χ0n) is 4.36. The summed E-state index contributed by atoms with van der Waals surface area (Å²) in [4.78, 5) is 0. The van der Waals surface area contributed by atoms with Crippen LogP contribution < -0.4 is 0 Å². The molecule has 1 aliphatic carbocycles. The standard InChI is InChI=1S/C6H6Cl.W/c7-5-6-3-1-2-4-6;/h1,3H,2,5H2;. The molecule has 0 fully saturated rings. The molecule has 0 aliphatic heterocycles. The first kappa shape index (κ1) is 6.58. The van der Waals surface area contributed by atoms with E-state index in [9.17, 15) is 0 Å². The minimum absolute atomic E-state index is 0.690. The molecule has 0 atom stereocenters. The summed E-state index contributed by atoms with van der Waals surface area (Å²) in [5, 5.41) is 0. The monoisotopic (exact) mass is 297 g/mol. The van der Waals surface area contributed by atoms with E-state index in [0.717, 1.165) is 6.42 Å². The third-order valence-corrected chi connectivity index (χ3v) is 2.95. The van der Waals surface area contributed by atoms with Crippen LogP contribution in [0, 0.1) is 0 Å². The topological polar surface area (TPSA) is 0 Å². The van der Waals surface area contributed by atoms with Gasteiger partial charge in [-0.05, 0) is 0 Å². The van der Waals surface area contributed by atoms with Crippen molar-refractivity contribution in [1.29, 1.82) is 0 Å². The van der Waals surface area contributed by atoms with Crippen molar-refractivity contribution in [1.82, 2.24) is 0 Å². The van der Waals surface area contributed by atoms with Crippen molar-refractivity contribution in [3.8, 4) is 0 Å². The molecule has 0 nitrogen and oxygen atoms in total. The first-order valence-electron chi connectivity index (χ1n) is 2.46. The summed E-state index contributed by atoms with van der Waals surface area (Å²) in [5.41, 5.74) is 1.33. The molecule has 0 unspecified atom stereocenters. The third-order valence-electron chi connectivity index (χ3n) is 1.12. The van der Waals surface area contributed by atoms with Gasteiger partial charge in [0.1, 0.15) is 0 Å². The summed E-state index contributed by atoms with van der Waals surface area (Å²) in [6.07, 6.45) is 5.42. The molecule has 43 valence electrons. The van der Waals surface area contributed by atoms with Gasteiger partial charge in [-0.1, -0.05) is 0 Å². The van der Waals surface area contributed by atoms with E-state index in [1.807, 2.05) is 0 Å². The number of allylic oxidation sites excluding steroid dienone is 4. The van der Waals surface area contributed by atoms with Gasteiger partial charge in [-0.15, -0.1) is 0 Å². The Bertz CT molecular complexity index is 147. The van der Waals surface area contributed by atoms with Crippen LogP contribution in [0.5, 0.6) is 0 Å². The van der Waals surface area contributed by atoms with E-state index in [-0.39, 0.29) is 0 Å². The molecular formula is C6H6ClW. The molecule has 1 rings (SSSR count). The van der Waals surface area contributed by atoms with Crippen LogP contribution >= 0.6 is 11.6 Å². The van der Waals surface area contributed by atoms with E-state index in [0.29, 0.717) is 5.88 Å². The Morgan fingerprint density at radius 1 is 1.75 bits per heavy atom. The molecule has 0 N–H and O–H groups in total. The fourth-order valence-electron chi connectivity index (χ4n) is 0.651. The van der Waals surface area contributed by atoms with E-state index in [2.05, 4.69) is 12.2 Å². The van der Waals surface area contributed by atoms with E-state index in [1.54, 1.807) is 19.8 Å². The molecule has 2 heteroatoms. The summed E-state index contributed by atoms with van der Waals surface area (Å²) < 4.78 is 1.50. The van der Waals surface area contributed by atoms with Crippen molar-refractivity contribution in [2.45, 2.75) is 6.42 Å². The molecule has 0 saturated heterocycles. The van der Waals surface area contributed by atoms with Gasteiger partial charge in [-0.2, -0.15) is 0 Å². The molecule has 0 amide bonds. The van der Waals surface area contributed by atoms with Crippen molar-refractivity contribution >= 4 is 11.6 Å². The predicted octanol–water partition coefficient (Wildman–Crippen LogP) is 1.99. The Labute approximate surface area is 65.5 Å². The average molecular weight is 297 g/mol. The van der Waals surface area contributed by atoms with Gasteiger partial charge in [-0.25, -0.2) is 0 Å². The maximum absolute atomic E-state index is 5.61. The molecule has 0 aromatic rings. The Kier molecular flexibility index (Phi) is 2.34. The number of hydrogen-bond donors (Lipinski definition) is 0. The van der Waals surface area contributed by atoms with Crippen LogP contribution in [-0.2, 0) is 19.8 Å². The summed E-state index contributed by atoms with van der Waals surface area (Å²) >= 11 is 7.16. The Morgan fingerprint density at radius 3 is 2.75 bits per heavy atom. The zero-order valence-corrected chi connectivity index (χ0v) is 8.04. The van der Waals surface area contributed by atoms with Crippen LogP contribution in [0.4, 0.5) is 0 Å². The van der Waals surface area contributed by atoms with Crippen LogP contribution in [-0.4, -0.2) is 5.88 Å². The molecule has 0 aromatic heterocycles. The normalized spacial score (nSPS) is 18.1. The number of alkyl halides is 1. The Morgan fingerprint density at radius 2 is 2.50 bits per heavy atom. The summed E-state index contributed by atoms with van der Waals surface area (Å²) in [6.45, 7) is 0. The van der Waals surface area contributed by atoms with Gasteiger partial charge in [0.15, 0.2) is 0 Å². The second-order valence-corrected chi connectivity index (χ2v) is 3.73. The van der Waals surface area contributed by atoms with Gasteiger partial charge in [0, 0.05) is 0 Å². The van der Waals surface area contributed by atoms with Crippen LogP contribution in [0.3, 0.4) is 0 Å². The minimum atomic E-state index is 0.690. The first-order valence-corrected chi connectivity index (χ1v) is 4.46.